The van der Waals surface area contributed by atoms with Gasteiger partial charge in [0.15, 0.2) is 0 Å². The molecule has 0 unspecified atom stereocenters. The molecule has 4 aromatic heterocycles. The SMILES string of the molecule is COc1cc2c3c(-c4ccnc5ccccc45)nc(C)nc3n(C)c2cc1-c1c(C)noc1C. The van der Waals surface area contributed by atoms with E-state index >= 15 is 0 Å². The van der Waals surface area contributed by atoms with Gasteiger partial charge in [-0.3, -0.25) is 4.98 Å². The molecular formula is C27H23N5O2. The van der Waals surface area contributed by atoms with Crippen molar-refractivity contribution in [3.63, 3.8) is 0 Å². The predicted octanol–water partition coefficient (Wildman–Crippen LogP) is 5.93. The van der Waals surface area contributed by atoms with Crippen LogP contribution < -0.4 is 4.74 Å². The van der Waals surface area contributed by atoms with E-state index in [-0.39, 0.29) is 0 Å². The first kappa shape index (κ1) is 20.4. The summed E-state index contributed by atoms with van der Waals surface area (Å²) in [5.74, 6) is 2.22. The molecule has 34 heavy (non-hydrogen) atoms. The van der Waals surface area contributed by atoms with Crippen LogP contribution in [0.2, 0.25) is 0 Å². The van der Waals surface area contributed by atoms with Crippen LogP contribution in [0.1, 0.15) is 17.3 Å². The second-order valence-electron chi connectivity index (χ2n) is 8.52. The smallest absolute Gasteiger partial charge is 0.145 e. The van der Waals surface area contributed by atoms with E-state index in [0.717, 1.165) is 72.4 Å². The minimum absolute atomic E-state index is 0.715. The number of methoxy groups -OCH3 is 1. The van der Waals surface area contributed by atoms with Crippen molar-refractivity contribution in [3.05, 3.63) is 65.9 Å². The molecule has 7 nitrogen and oxygen atoms in total. The molecule has 4 heterocycles. The van der Waals surface area contributed by atoms with E-state index in [1.165, 1.54) is 0 Å². The molecule has 168 valence electrons. The van der Waals surface area contributed by atoms with Crippen LogP contribution in [-0.2, 0) is 7.05 Å². The molecule has 0 saturated carbocycles. The molecule has 6 rings (SSSR count). The Morgan fingerprint density at radius 3 is 2.53 bits per heavy atom. The van der Waals surface area contributed by atoms with Crippen LogP contribution in [0.5, 0.6) is 5.75 Å². The fourth-order valence-electron chi connectivity index (χ4n) is 4.94. The van der Waals surface area contributed by atoms with Gasteiger partial charge in [0.1, 0.15) is 23.0 Å². The summed E-state index contributed by atoms with van der Waals surface area (Å²) in [5, 5.41) is 7.22. The van der Waals surface area contributed by atoms with Crippen molar-refractivity contribution in [1.29, 1.82) is 0 Å². The highest BCUT2D eigenvalue weighted by Gasteiger charge is 2.23. The van der Waals surface area contributed by atoms with E-state index < -0.39 is 0 Å². The number of hydrogen-bond donors (Lipinski definition) is 0. The normalized spacial score (nSPS) is 11.7. The molecule has 0 N–H and O–H groups in total. The molecule has 0 atom stereocenters. The second kappa shape index (κ2) is 7.38. The highest BCUT2D eigenvalue weighted by Crippen LogP contribution is 2.42. The third-order valence-corrected chi connectivity index (χ3v) is 6.47. The Kier molecular flexibility index (Phi) is 4.42. The lowest BCUT2D eigenvalue weighted by Crippen LogP contribution is -1.97. The van der Waals surface area contributed by atoms with Gasteiger partial charge >= 0.3 is 0 Å². The first-order valence-corrected chi connectivity index (χ1v) is 11.1. The number of pyridine rings is 1. The standard InChI is InChI=1S/C27H23N5O2/c1-14-24(15(2)34-31-14)20-12-22-19(13-23(20)33-5)25-26(29-16(3)30-27(25)32(22)4)18-10-11-28-21-9-7-6-8-17(18)21/h6-13H,1-5H3. The van der Waals surface area contributed by atoms with Gasteiger partial charge in [-0.25, -0.2) is 9.97 Å². The lowest BCUT2D eigenvalue weighted by Gasteiger charge is -2.10. The van der Waals surface area contributed by atoms with E-state index in [1.54, 1.807) is 7.11 Å². The maximum Gasteiger partial charge on any atom is 0.145 e. The van der Waals surface area contributed by atoms with Crippen molar-refractivity contribution < 1.29 is 9.26 Å². The summed E-state index contributed by atoms with van der Waals surface area (Å²) in [4.78, 5) is 14.3. The van der Waals surface area contributed by atoms with Gasteiger partial charge < -0.3 is 13.8 Å². The molecule has 0 saturated heterocycles. The summed E-state index contributed by atoms with van der Waals surface area (Å²) < 4.78 is 13.4. The lowest BCUT2D eigenvalue weighted by atomic mass is 9.99. The Morgan fingerprint density at radius 1 is 0.941 bits per heavy atom. The summed E-state index contributed by atoms with van der Waals surface area (Å²) in [7, 11) is 3.72. The van der Waals surface area contributed by atoms with Gasteiger partial charge in [-0.05, 0) is 45.0 Å². The van der Waals surface area contributed by atoms with Gasteiger partial charge in [-0.1, -0.05) is 23.4 Å². The Morgan fingerprint density at radius 2 is 1.76 bits per heavy atom. The number of aryl methyl sites for hydroxylation is 4. The minimum Gasteiger partial charge on any atom is -0.496 e. The van der Waals surface area contributed by atoms with Crippen molar-refractivity contribution in [2.45, 2.75) is 20.8 Å². The van der Waals surface area contributed by atoms with E-state index in [9.17, 15) is 0 Å². The number of benzene rings is 2. The number of nitrogens with zero attached hydrogens (tertiary/aromatic N) is 5. The Labute approximate surface area is 196 Å². The monoisotopic (exact) mass is 449 g/mol. The molecule has 0 aliphatic rings. The average molecular weight is 450 g/mol. The van der Waals surface area contributed by atoms with Crippen LogP contribution in [0, 0.1) is 20.8 Å². The van der Waals surface area contributed by atoms with Crippen LogP contribution in [0.15, 0.2) is 53.2 Å². The number of hydrogen-bond acceptors (Lipinski definition) is 6. The van der Waals surface area contributed by atoms with Gasteiger partial charge in [0, 0.05) is 35.1 Å². The molecule has 0 amide bonds. The highest BCUT2D eigenvalue weighted by molar-refractivity contribution is 6.16. The minimum atomic E-state index is 0.715. The number of fused-ring (bicyclic) bond motifs is 4. The summed E-state index contributed by atoms with van der Waals surface area (Å²) in [5.41, 5.74) is 7.48. The van der Waals surface area contributed by atoms with Crippen molar-refractivity contribution in [2.75, 3.05) is 7.11 Å². The lowest BCUT2D eigenvalue weighted by molar-refractivity contribution is 0.393. The van der Waals surface area contributed by atoms with Gasteiger partial charge in [-0.15, -0.1) is 0 Å². The number of aromatic nitrogens is 5. The Balaban J connectivity index is 1.75. The summed E-state index contributed by atoms with van der Waals surface area (Å²) in [6.07, 6.45) is 1.84. The molecule has 2 aromatic carbocycles. The van der Waals surface area contributed by atoms with E-state index in [0.29, 0.717) is 5.82 Å². The number of para-hydroxylation sites is 1. The summed E-state index contributed by atoms with van der Waals surface area (Å²) in [6, 6.07) is 14.4. The van der Waals surface area contributed by atoms with Gasteiger partial charge in [0.25, 0.3) is 0 Å². The zero-order valence-electron chi connectivity index (χ0n) is 19.7. The third kappa shape index (κ3) is 2.83. The predicted molar refractivity (Wildman–Crippen MR) is 133 cm³/mol. The Bertz CT molecular complexity index is 1720. The van der Waals surface area contributed by atoms with E-state index in [1.807, 2.05) is 58.3 Å². The topological polar surface area (TPSA) is 78.9 Å². The fourth-order valence-corrected chi connectivity index (χ4v) is 4.94. The van der Waals surface area contributed by atoms with Crippen molar-refractivity contribution in [1.82, 2.24) is 24.7 Å². The molecule has 0 spiro atoms. The average Bonchev–Trinajstić information content (AvgIpc) is 3.32. The molecule has 0 aliphatic heterocycles. The largest absolute Gasteiger partial charge is 0.496 e. The quantitative estimate of drug-likeness (QED) is 0.333. The zero-order valence-corrected chi connectivity index (χ0v) is 19.7. The first-order chi connectivity index (χ1) is 16.5. The van der Waals surface area contributed by atoms with Crippen LogP contribution in [0.3, 0.4) is 0 Å². The number of ether oxygens (including phenoxy) is 1. The van der Waals surface area contributed by atoms with E-state index in [2.05, 4.69) is 32.9 Å². The maximum absolute atomic E-state index is 5.86. The summed E-state index contributed by atoms with van der Waals surface area (Å²) >= 11 is 0. The van der Waals surface area contributed by atoms with Crippen molar-refractivity contribution in [2.24, 2.45) is 7.05 Å². The maximum atomic E-state index is 5.86. The second-order valence-corrected chi connectivity index (χ2v) is 8.52. The van der Waals surface area contributed by atoms with Crippen LogP contribution >= 0.6 is 0 Å². The molecule has 0 fully saturated rings. The first-order valence-electron chi connectivity index (χ1n) is 11.1. The van der Waals surface area contributed by atoms with Gasteiger partial charge in [0.2, 0.25) is 0 Å². The number of rotatable bonds is 3. The molecule has 0 radical (unpaired) electrons. The van der Waals surface area contributed by atoms with Crippen LogP contribution in [-0.4, -0.2) is 31.8 Å². The molecule has 0 aliphatic carbocycles. The third-order valence-electron chi connectivity index (χ3n) is 6.47. The van der Waals surface area contributed by atoms with Gasteiger partial charge in [0.05, 0.1) is 40.5 Å². The van der Waals surface area contributed by atoms with Crippen LogP contribution in [0.25, 0.3) is 55.2 Å². The molecular weight excluding hydrogens is 426 g/mol. The zero-order chi connectivity index (χ0) is 23.6. The molecule has 7 heteroatoms. The van der Waals surface area contributed by atoms with Crippen LogP contribution in [0.4, 0.5) is 0 Å². The van der Waals surface area contributed by atoms with Crippen molar-refractivity contribution in [3.8, 4) is 28.1 Å². The fraction of sp³-hybridized carbons (Fsp3) is 0.185. The molecule has 0 bridgehead atoms. The molecule has 6 aromatic rings. The summed E-state index contributed by atoms with van der Waals surface area (Å²) in [6.45, 7) is 5.79. The highest BCUT2D eigenvalue weighted by atomic mass is 16.5. The Hall–Kier alpha value is -4.26. The van der Waals surface area contributed by atoms with Crippen molar-refractivity contribution >= 4 is 32.8 Å². The van der Waals surface area contributed by atoms with Gasteiger partial charge in [-0.2, -0.15) is 0 Å². The van der Waals surface area contributed by atoms with E-state index in [4.69, 9.17) is 19.2 Å².